The van der Waals surface area contributed by atoms with Gasteiger partial charge in [0.05, 0.1) is 12.5 Å². The number of nitrogens with one attached hydrogen (secondary N) is 1. The van der Waals surface area contributed by atoms with Crippen molar-refractivity contribution in [2.45, 2.75) is 51.1 Å². The summed E-state index contributed by atoms with van der Waals surface area (Å²) < 4.78 is 0. The summed E-state index contributed by atoms with van der Waals surface area (Å²) >= 11 is 0. The molecule has 1 aliphatic heterocycles. The lowest BCUT2D eigenvalue weighted by Gasteiger charge is -2.38. The van der Waals surface area contributed by atoms with Gasteiger partial charge in [-0.25, -0.2) is 4.79 Å². The molecule has 3 rings (SSSR count). The first kappa shape index (κ1) is 18.7. The summed E-state index contributed by atoms with van der Waals surface area (Å²) in [4.78, 5) is 28.7. The number of urea groups is 1. The third-order valence-corrected chi connectivity index (χ3v) is 5.77. The number of benzene rings is 1. The molecule has 0 bridgehead atoms. The van der Waals surface area contributed by atoms with Gasteiger partial charge in [-0.1, -0.05) is 37.1 Å². The highest BCUT2D eigenvalue weighted by Gasteiger charge is 2.29. The lowest BCUT2D eigenvalue weighted by molar-refractivity contribution is -0.133. The monoisotopic (exact) mass is 358 g/mol. The van der Waals surface area contributed by atoms with Crippen molar-refractivity contribution in [3.63, 3.8) is 0 Å². The molecule has 1 aromatic rings. The topological polar surface area (TPSA) is 78.7 Å². The molecule has 0 radical (unpaired) electrons. The van der Waals surface area contributed by atoms with E-state index in [1.165, 1.54) is 25.7 Å². The molecule has 3 N–H and O–H groups in total. The van der Waals surface area contributed by atoms with Crippen molar-refractivity contribution in [2.24, 2.45) is 5.73 Å². The van der Waals surface area contributed by atoms with Crippen molar-refractivity contribution < 1.29 is 9.59 Å². The number of piperazine rings is 1. The number of aryl methyl sites for hydroxylation is 1. The normalized spacial score (nSPS) is 20.1. The molecule has 6 heteroatoms. The second kappa shape index (κ2) is 8.54. The van der Waals surface area contributed by atoms with Crippen LogP contribution in [0.3, 0.4) is 0 Å². The number of hydrogen-bond donors (Lipinski definition) is 2. The molecule has 1 aliphatic carbocycles. The number of nitrogens with two attached hydrogens (primary N) is 1. The zero-order valence-electron chi connectivity index (χ0n) is 15.6. The minimum atomic E-state index is -0.600. The Labute approximate surface area is 155 Å². The highest BCUT2D eigenvalue weighted by molar-refractivity contribution is 5.79. The Kier molecular flexibility index (Phi) is 6.14. The average Bonchev–Trinajstić information content (AvgIpc) is 3.16. The van der Waals surface area contributed by atoms with E-state index in [1.807, 2.05) is 36.1 Å². The third-order valence-electron chi connectivity index (χ3n) is 5.77. The molecule has 1 aromatic carbocycles. The van der Waals surface area contributed by atoms with Crippen LogP contribution < -0.4 is 11.1 Å². The molecular weight excluding hydrogens is 328 g/mol. The summed E-state index contributed by atoms with van der Waals surface area (Å²) in [5.41, 5.74) is 7.34. The summed E-state index contributed by atoms with van der Waals surface area (Å²) in [5.74, 6) is 0.0816. The van der Waals surface area contributed by atoms with Gasteiger partial charge in [0.2, 0.25) is 5.91 Å². The van der Waals surface area contributed by atoms with E-state index in [4.69, 9.17) is 5.73 Å². The maximum absolute atomic E-state index is 12.8. The summed E-state index contributed by atoms with van der Waals surface area (Å²) in [6, 6.07) is 7.53. The standard InChI is InChI=1S/C20H30N4O2/c1-15-6-2-5-9-17(15)18(22-20(21)26)14-19(25)24-12-10-23(11-13-24)16-7-3-4-8-16/h2,5-6,9,16,18H,3-4,7-8,10-14H2,1H3,(H3,21,22,26). The minimum absolute atomic E-state index is 0.0816. The smallest absolute Gasteiger partial charge is 0.312 e. The lowest BCUT2D eigenvalue weighted by Crippen LogP contribution is -2.52. The maximum atomic E-state index is 12.8. The fourth-order valence-electron chi connectivity index (χ4n) is 4.30. The predicted molar refractivity (Wildman–Crippen MR) is 102 cm³/mol. The van der Waals surface area contributed by atoms with Crippen LogP contribution in [-0.4, -0.2) is 54.0 Å². The van der Waals surface area contributed by atoms with Crippen molar-refractivity contribution in [3.05, 3.63) is 35.4 Å². The second-order valence-corrected chi connectivity index (χ2v) is 7.48. The summed E-state index contributed by atoms with van der Waals surface area (Å²) in [6.07, 6.45) is 5.51. The number of nitrogens with zero attached hydrogens (tertiary/aromatic N) is 2. The number of rotatable bonds is 5. The zero-order valence-corrected chi connectivity index (χ0v) is 15.6. The van der Waals surface area contributed by atoms with Gasteiger partial charge >= 0.3 is 6.03 Å². The van der Waals surface area contributed by atoms with Crippen molar-refractivity contribution in [1.82, 2.24) is 15.1 Å². The summed E-state index contributed by atoms with van der Waals surface area (Å²) in [6.45, 7) is 5.43. The van der Waals surface area contributed by atoms with E-state index >= 15 is 0 Å². The number of carbonyl (C=O) groups excluding carboxylic acids is 2. The Morgan fingerprint density at radius 2 is 1.81 bits per heavy atom. The Balaban J connectivity index is 1.59. The molecule has 0 spiro atoms. The highest BCUT2D eigenvalue weighted by atomic mass is 16.2. The van der Waals surface area contributed by atoms with E-state index < -0.39 is 6.03 Å². The van der Waals surface area contributed by atoms with Crippen LogP contribution in [-0.2, 0) is 4.79 Å². The van der Waals surface area contributed by atoms with E-state index in [0.29, 0.717) is 6.04 Å². The average molecular weight is 358 g/mol. The predicted octanol–water partition coefficient (Wildman–Crippen LogP) is 2.18. The first-order valence-electron chi connectivity index (χ1n) is 9.68. The van der Waals surface area contributed by atoms with Gasteiger partial charge in [-0.3, -0.25) is 9.69 Å². The SMILES string of the molecule is Cc1ccccc1C(CC(=O)N1CCN(C2CCCC2)CC1)NC(N)=O. The van der Waals surface area contributed by atoms with E-state index in [1.54, 1.807) is 0 Å². The van der Waals surface area contributed by atoms with Crippen molar-refractivity contribution in [1.29, 1.82) is 0 Å². The van der Waals surface area contributed by atoms with Crippen LogP contribution in [0.15, 0.2) is 24.3 Å². The van der Waals surface area contributed by atoms with Crippen LogP contribution in [0, 0.1) is 6.92 Å². The molecule has 3 amide bonds. The van der Waals surface area contributed by atoms with Gasteiger partial charge in [0.15, 0.2) is 0 Å². The zero-order chi connectivity index (χ0) is 18.5. The molecular formula is C20H30N4O2. The van der Waals surface area contributed by atoms with Gasteiger partial charge in [-0.15, -0.1) is 0 Å². The van der Waals surface area contributed by atoms with Gasteiger partial charge in [-0.2, -0.15) is 0 Å². The first-order valence-corrected chi connectivity index (χ1v) is 9.68. The Morgan fingerprint density at radius 3 is 2.42 bits per heavy atom. The molecule has 1 atom stereocenters. The molecule has 26 heavy (non-hydrogen) atoms. The third kappa shape index (κ3) is 4.55. The van der Waals surface area contributed by atoms with Crippen molar-refractivity contribution in [2.75, 3.05) is 26.2 Å². The Morgan fingerprint density at radius 1 is 1.15 bits per heavy atom. The van der Waals surface area contributed by atoms with Gasteiger partial charge in [0.25, 0.3) is 0 Å². The van der Waals surface area contributed by atoms with Crippen LogP contribution in [0.4, 0.5) is 4.79 Å². The van der Waals surface area contributed by atoms with Crippen LogP contribution in [0.2, 0.25) is 0 Å². The van der Waals surface area contributed by atoms with Crippen molar-refractivity contribution in [3.8, 4) is 0 Å². The largest absolute Gasteiger partial charge is 0.352 e. The van der Waals surface area contributed by atoms with Gasteiger partial charge < -0.3 is 16.0 Å². The summed E-state index contributed by atoms with van der Waals surface area (Å²) in [5, 5.41) is 2.74. The van der Waals surface area contributed by atoms with Gasteiger partial charge in [-0.05, 0) is 30.9 Å². The molecule has 1 saturated heterocycles. The van der Waals surface area contributed by atoms with Crippen LogP contribution in [0.25, 0.3) is 0 Å². The molecule has 142 valence electrons. The van der Waals surface area contributed by atoms with Crippen LogP contribution >= 0.6 is 0 Å². The van der Waals surface area contributed by atoms with E-state index in [0.717, 1.165) is 37.3 Å². The molecule has 6 nitrogen and oxygen atoms in total. The van der Waals surface area contributed by atoms with E-state index in [2.05, 4.69) is 10.2 Å². The highest BCUT2D eigenvalue weighted by Crippen LogP contribution is 2.25. The van der Waals surface area contributed by atoms with Crippen molar-refractivity contribution >= 4 is 11.9 Å². The fourth-order valence-corrected chi connectivity index (χ4v) is 4.30. The van der Waals surface area contributed by atoms with E-state index in [-0.39, 0.29) is 18.4 Å². The van der Waals surface area contributed by atoms with Gasteiger partial charge in [0.1, 0.15) is 0 Å². The Hall–Kier alpha value is -2.08. The molecule has 0 aromatic heterocycles. The van der Waals surface area contributed by atoms with Gasteiger partial charge in [0, 0.05) is 32.2 Å². The second-order valence-electron chi connectivity index (χ2n) is 7.48. The number of hydrogen-bond acceptors (Lipinski definition) is 3. The molecule has 1 unspecified atom stereocenters. The number of primary amides is 1. The molecule has 1 heterocycles. The summed E-state index contributed by atoms with van der Waals surface area (Å²) in [7, 11) is 0. The van der Waals surface area contributed by atoms with E-state index in [9.17, 15) is 9.59 Å². The number of amides is 3. The first-order chi connectivity index (χ1) is 12.5. The molecule has 2 fully saturated rings. The molecule has 1 saturated carbocycles. The quantitative estimate of drug-likeness (QED) is 0.847. The Bertz CT molecular complexity index is 634. The van der Waals surface area contributed by atoms with Crippen LogP contribution in [0.1, 0.15) is 49.3 Å². The number of carbonyl (C=O) groups is 2. The molecule has 2 aliphatic rings. The van der Waals surface area contributed by atoms with Crippen LogP contribution in [0.5, 0.6) is 0 Å². The fraction of sp³-hybridized carbons (Fsp3) is 0.600. The minimum Gasteiger partial charge on any atom is -0.352 e. The maximum Gasteiger partial charge on any atom is 0.312 e. The lowest BCUT2D eigenvalue weighted by atomic mass is 9.98.